The van der Waals surface area contributed by atoms with Gasteiger partial charge in [0.2, 0.25) is 0 Å². The maximum Gasteiger partial charge on any atom is 0.254 e. The number of hydrogen-bond donors (Lipinski definition) is 1. The van der Waals surface area contributed by atoms with E-state index in [2.05, 4.69) is 30.7 Å². The van der Waals surface area contributed by atoms with Crippen LogP contribution in [0.2, 0.25) is 0 Å². The van der Waals surface area contributed by atoms with Gasteiger partial charge in [-0.3, -0.25) is 4.79 Å². The molecule has 3 atom stereocenters. The van der Waals surface area contributed by atoms with Gasteiger partial charge in [-0.2, -0.15) is 0 Å². The van der Waals surface area contributed by atoms with Gasteiger partial charge in [0.1, 0.15) is 0 Å². The third-order valence-electron chi connectivity index (χ3n) is 7.62. The number of nitrogens with two attached hydrogens (primary N) is 1. The van der Waals surface area contributed by atoms with E-state index in [4.69, 9.17) is 5.73 Å². The Morgan fingerprint density at radius 2 is 1.86 bits per heavy atom. The summed E-state index contributed by atoms with van der Waals surface area (Å²) in [7, 11) is 0. The van der Waals surface area contributed by atoms with Gasteiger partial charge in [-0.25, -0.2) is 13.8 Å². The summed E-state index contributed by atoms with van der Waals surface area (Å²) >= 11 is 0. The molecule has 0 saturated carbocycles. The molecular weight excluding hydrogens is 458 g/mol. The number of aromatic nitrogens is 1. The van der Waals surface area contributed by atoms with Gasteiger partial charge in [-0.15, -0.1) is 0 Å². The molecule has 0 spiro atoms. The first kappa shape index (κ1) is 26.2. The van der Waals surface area contributed by atoms with Gasteiger partial charge >= 0.3 is 0 Å². The number of amides is 1. The molecular formula is C29H36F2N4O. The van der Waals surface area contributed by atoms with Crippen LogP contribution in [0, 0.1) is 17.6 Å². The fourth-order valence-electron chi connectivity index (χ4n) is 5.41. The van der Waals surface area contributed by atoms with Crippen LogP contribution >= 0.6 is 0 Å². The SMILES string of the molecule is CCC(CN(CC)CC)C(N)[C@H]1CCCN1C(=O)c1cc(-c2ccc(F)c(F)c2)nc2ccccc12. The van der Waals surface area contributed by atoms with Crippen LogP contribution in [0.1, 0.15) is 50.4 Å². The van der Waals surface area contributed by atoms with Gasteiger partial charge in [0.15, 0.2) is 11.6 Å². The van der Waals surface area contributed by atoms with E-state index in [0.29, 0.717) is 28.9 Å². The molecule has 1 aliphatic rings. The van der Waals surface area contributed by atoms with E-state index >= 15 is 0 Å². The van der Waals surface area contributed by atoms with Crippen LogP contribution in [0.4, 0.5) is 8.78 Å². The van der Waals surface area contributed by atoms with Crippen LogP contribution in [0.3, 0.4) is 0 Å². The number of carbonyl (C=O) groups excluding carboxylic acids is 1. The minimum Gasteiger partial charge on any atom is -0.334 e. The number of carbonyl (C=O) groups is 1. The first-order valence-corrected chi connectivity index (χ1v) is 13.0. The molecule has 0 radical (unpaired) electrons. The maximum absolute atomic E-state index is 14.0. The van der Waals surface area contributed by atoms with Gasteiger partial charge in [-0.1, -0.05) is 45.4 Å². The minimum atomic E-state index is -0.945. The molecule has 0 aliphatic carbocycles. The highest BCUT2D eigenvalue weighted by Crippen LogP contribution is 2.31. The summed E-state index contributed by atoms with van der Waals surface area (Å²) < 4.78 is 27.5. The minimum absolute atomic E-state index is 0.0448. The second kappa shape index (κ2) is 11.4. The van der Waals surface area contributed by atoms with Crippen molar-refractivity contribution in [2.75, 3.05) is 26.2 Å². The van der Waals surface area contributed by atoms with E-state index in [0.717, 1.165) is 56.4 Å². The number of para-hydroxylation sites is 1. The number of benzene rings is 2. The second-order valence-electron chi connectivity index (χ2n) is 9.64. The lowest BCUT2D eigenvalue weighted by Gasteiger charge is -2.36. The first-order valence-electron chi connectivity index (χ1n) is 13.0. The number of nitrogens with zero attached hydrogens (tertiary/aromatic N) is 3. The number of pyridine rings is 1. The van der Waals surface area contributed by atoms with E-state index in [-0.39, 0.29) is 23.9 Å². The normalized spacial score (nSPS) is 17.6. The van der Waals surface area contributed by atoms with Crippen LogP contribution in [-0.4, -0.2) is 59.0 Å². The molecule has 192 valence electrons. The van der Waals surface area contributed by atoms with Crippen molar-refractivity contribution in [3.05, 3.63) is 65.7 Å². The molecule has 0 bridgehead atoms. The largest absolute Gasteiger partial charge is 0.334 e. The van der Waals surface area contributed by atoms with Crippen molar-refractivity contribution in [1.29, 1.82) is 0 Å². The standard InChI is InChI=1S/C29H36F2N4O/c1-4-19(18-34(5-2)6-3)28(32)27-12-9-15-35(27)29(36)22-17-26(20-13-14-23(30)24(31)16-20)33-25-11-8-7-10-21(22)25/h7-8,10-11,13-14,16-17,19,27-28H,4-6,9,12,15,18,32H2,1-3H3/t19?,27-,28?/m1/s1. The summed E-state index contributed by atoms with van der Waals surface area (Å²) in [5.41, 5.74) is 8.86. The van der Waals surface area contributed by atoms with E-state index in [1.54, 1.807) is 6.07 Å². The smallest absolute Gasteiger partial charge is 0.254 e. The quantitative estimate of drug-likeness (QED) is 0.428. The van der Waals surface area contributed by atoms with Crippen molar-refractivity contribution in [3.63, 3.8) is 0 Å². The third-order valence-corrected chi connectivity index (χ3v) is 7.62. The summed E-state index contributed by atoms with van der Waals surface area (Å²) in [5.74, 6) is -1.66. The molecule has 2 N–H and O–H groups in total. The highest BCUT2D eigenvalue weighted by atomic mass is 19.2. The Balaban J connectivity index is 1.69. The van der Waals surface area contributed by atoms with E-state index in [9.17, 15) is 13.6 Å². The Morgan fingerprint density at radius 1 is 1.11 bits per heavy atom. The molecule has 1 aromatic heterocycles. The molecule has 4 rings (SSSR count). The number of likely N-dealkylation sites (tertiary alicyclic amines) is 1. The molecule has 2 unspecified atom stereocenters. The zero-order chi connectivity index (χ0) is 25.8. The molecule has 1 amide bonds. The molecule has 5 nitrogen and oxygen atoms in total. The summed E-state index contributed by atoms with van der Waals surface area (Å²) in [4.78, 5) is 23.0. The lowest BCUT2D eigenvalue weighted by Crippen LogP contribution is -2.52. The lowest BCUT2D eigenvalue weighted by atomic mass is 9.89. The van der Waals surface area contributed by atoms with E-state index in [1.165, 1.54) is 6.07 Å². The van der Waals surface area contributed by atoms with Crippen LogP contribution < -0.4 is 5.73 Å². The number of hydrogen-bond acceptors (Lipinski definition) is 4. The third kappa shape index (κ3) is 5.27. The van der Waals surface area contributed by atoms with Crippen LogP contribution in [0.15, 0.2) is 48.5 Å². The van der Waals surface area contributed by atoms with Crippen molar-refractivity contribution in [1.82, 2.24) is 14.8 Å². The molecule has 7 heteroatoms. The molecule has 3 aromatic rings. The van der Waals surface area contributed by atoms with Crippen LogP contribution in [-0.2, 0) is 0 Å². The lowest BCUT2D eigenvalue weighted by molar-refractivity contribution is 0.0686. The zero-order valence-electron chi connectivity index (χ0n) is 21.4. The van der Waals surface area contributed by atoms with Crippen molar-refractivity contribution in [2.45, 2.75) is 52.1 Å². The monoisotopic (exact) mass is 494 g/mol. The van der Waals surface area contributed by atoms with Crippen molar-refractivity contribution >= 4 is 16.8 Å². The number of halogens is 2. The van der Waals surface area contributed by atoms with Crippen molar-refractivity contribution < 1.29 is 13.6 Å². The molecule has 1 saturated heterocycles. The van der Waals surface area contributed by atoms with Gasteiger partial charge in [0, 0.05) is 36.1 Å². The Labute approximate surface area is 212 Å². The average molecular weight is 495 g/mol. The highest BCUT2D eigenvalue weighted by Gasteiger charge is 2.37. The van der Waals surface area contributed by atoms with Crippen molar-refractivity contribution in [3.8, 4) is 11.3 Å². The fourth-order valence-corrected chi connectivity index (χ4v) is 5.41. The molecule has 1 fully saturated rings. The first-order chi connectivity index (χ1) is 17.4. The topological polar surface area (TPSA) is 62.5 Å². The fraction of sp³-hybridized carbons (Fsp3) is 0.448. The van der Waals surface area contributed by atoms with Gasteiger partial charge in [-0.05, 0) is 62.2 Å². The summed E-state index contributed by atoms with van der Waals surface area (Å²) in [5, 5.41) is 0.739. The average Bonchev–Trinajstić information content (AvgIpc) is 3.39. The van der Waals surface area contributed by atoms with E-state index in [1.807, 2.05) is 29.2 Å². The van der Waals surface area contributed by atoms with Crippen molar-refractivity contribution in [2.24, 2.45) is 11.7 Å². The summed E-state index contributed by atoms with van der Waals surface area (Å²) in [6.45, 7) is 10.0. The molecule has 36 heavy (non-hydrogen) atoms. The van der Waals surface area contributed by atoms with Crippen LogP contribution in [0.5, 0.6) is 0 Å². The Morgan fingerprint density at radius 3 is 2.56 bits per heavy atom. The van der Waals surface area contributed by atoms with Crippen LogP contribution in [0.25, 0.3) is 22.2 Å². The number of rotatable bonds is 9. The Bertz CT molecular complexity index is 1210. The maximum atomic E-state index is 14.0. The highest BCUT2D eigenvalue weighted by molar-refractivity contribution is 6.07. The van der Waals surface area contributed by atoms with E-state index < -0.39 is 11.6 Å². The molecule has 2 heterocycles. The predicted molar refractivity (Wildman–Crippen MR) is 141 cm³/mol. The van der Waals surface area contributed by atoms with Gasteiger partial charge < -0.3 is 15.5 Å². The molecule has 1 aliphatic heterocycles. The summed E-state index contributed by atoms with van der Waals surface area (Å²) in [6, 6.07) is 12.7. The summed E-state index contributed by atoms with van der Waals surface area (Å²) in [6.07, 6.45) is 2.74. The van der Waals surface area contributed by atoms with Gasteiger partial charge in [0.05, 0.1) is 16.8 Å². The predicted octanol–water partition coefficient (Wildman–Crippen LogP) is 5.48. The molecule has 2 aromatic carbocycles. The number of fused-ring (bicyclic) bond motifs is 1. The Kier molecular flexibility index (Phi) is 8.32. The Hall–Kier alpha value is -2.90. The second-order valence-corrected chi connectivity index (χ2v) is 9.64. The zero-order valence-corrected chi connectivity index (χ0v) is 21.4. The van der Waals surface area contributed by atoms with Gasteiger partial charge in [0.25, 0.3) is 5.91 Å².